The lowest BCUT2D eigenvalue weighted by atomic mass is 10.3. The predicted molar refractivity (Wildman–Crippen MR) is 47.1 cm³/mol. The summed E-state index contributed by atoms with van der Waals surface area (Å²) in [5.41, 5.74) is 0. The molecule has 0 bridgehead atoms. The van der Waals surface area contributed by atoms with Crippen molar-refractivity contribution < 1.29 is 35.8 Å². The molecule has 0 unspecified atom stereocenters. The number of hydrogen-bond donors (Lipinski definition) is 1. The molecule has 9 heteroatoms. The number of para-hydroxylation sites is 1. The van der Waals surface area contributed by atoms with E-state index in [1.807, 2.05) is 0 Å². The van der Waals surface area contributed by atoms with Crippen LogP contribution in [0.3, 0.4) is 0 Å². The van der Waals surface area contributed by atoms with Gasteiger partial charge in [-0.05, 0) is 12.1 Å². The molecule has 2 nitrogen and oxygen atoms in total. The molecule has 0 saturated carbocycles. The minimum absolute atomic E-state index is 0.427. The van der Waals surface area contributed by atoms with E-state index in [0.717, 1.165) is 12.1 Å². The van der Waals surface area contributed by atoms with Crippen LogP contribution in [0.25, 0.3) is 0 Å². The molecule has 96 valence electrons. The third-order valence-corrected chi connectivity index (χ3v) is 1.75. The third-order valence-electron chi connectivity index (χ3n) is 1.40. The van der Waals surface area contributed by atoms with Crippen LogP contribution < -0.4 is 9.47 Å². The van der Waals surface area contributed by atoms with Gasteiger partial charge in [-0.25, -0.2) is 0 Å². The lowest BCUT2D eigenvalue weighted by molar-refractivity contribution is -0.288. The lowest BCUT2D eigenvalue weighted by Gasteiger charge is -2.16. The minimum atomic E-state index is -5.14. The van der Waals surface area contributed by atoms with E-state index >= 15 is 0 Å². The average molecular weight is 278 g/mol. The van der Waals surface area contributed by atoms with Crippen molar-refractivity contribution in [3.63, 3.8) is 0 Å². The molecular formula is C8H4F6O2S. The van der Waals surface area contributed by atoms with Crippen molar-refractivity contribution in [2.45, 2.75) is 17.6 Å². The van der Waals surface area contributed by atoms with E-state index in [1.54, 1.807) is 0 Å². The van der Waals surface area contributed by atoms with Crippen LogP contribution in [0.1, 0.15) is 0 Å². The van der Waals surface area contributed by atoms with Crippen LogP contribution in [0.4, 0.5) is 26.3 Å². The summed E-state index contributed by atoms with van der Waals surface area (Å²) >= 11 is 3.56. The highest BCUT2D eigenvalue weighted by molar-refractivity contribution is 7.80. The number of benzene rings is 1. The second kappa shape index (κ2) is 4.55. The molecule has 1 rings (SSSR count). The van der Waals surface area contributed by atoms with Gasteiger partial charge in [0, 0.05) is 0 Å². The summed E-state index contributed by atoms with van der Waals surface area (Å²) in [4.78, 5) is -0.427. The fraction of sp³-hybridized carbons (Fsp3) is 0.250. The van der Waals surface area contributed by atoms with Crippen molar-refractivity contribution in [3.05, 3.63) is 18.2 Å². The summed E-state index contributed by atoms with van der Waals surface area (Å²) in [5, 5.41) is 0. The van der Waals surface area contributed by atoms with E-state index in [1.165, 1.54) is 0 Å². The van der Waals surface area contributed by atoms with Crippen LogP contribution in [0.15, 0.2) is 23.1 Å². The summed E-state index contributed by atoms with van der Waals surface area (Å²) in [6.45, 7) is 0. The van der Waals surface area contributed by atoms with E-state index < -0.39 is 29.1 Å². The molecular weight excluding hydrogens is 274 g/mol. The standard InChI is InChI=1S/C8H4F6O2S/c9-7(10,11)15-4-2-1-3-5(17)6(4)16-8(12,13)14/h1-3,17H. The number of halogens is 6. The maximum absolute atomic E-state index is 11.9. The normalized spacial score (nSPS) is 12.4. The van der Waals surface area contributed by atoms with Gasteiger partial charge in [0.25, 0.3) is 0 Å². The first-order valence-corrected chi connectivity index (χ1v) is 4.37. The Kier molecular flexibility index (Phi) is 3.70. The van der Waals surface area contributed by atoms with Gasteiger partial charge in [-0.3, -0.25) is 0 Å². The fourth-order valence-electron chi connectivity index (χ4n) is 0.928. The van der Waals surface area contributed by atoms with Gasteiger partial charge in [-0.15, -0.1) is 39.0 Å². The zero-order valence-electron chi connectivity index (χ0n) is 7.76. The van der Waals surface area contributed by atoms with Crippen molar-refractivity contribution in [1.82, 2.24) is 0 Å². The van der Waals surface area contributed by atoms with Crippen LogP contribution in [0.5, 0.6) is 11.5 Å². The van der Waals surface area contributed by atoms with E-state index in [0.29, 0.717) is 6.07 Å². The first kappa shape index (κ1) is 13.8. The molecule has 0 N–H and O–H groups in total. The summed E-state index contributed by atoms with van der Waals surface area (Å²) < 4.78 is 78.3. The fourth-order valence-corrected chi connectivity index (χ4v) is 1.17. The Morgan fingerprint density at radius 1 is 0.882 bits per heavy atom. The topological polar surface area (TPSA) is 18.5 Å². The third kappa shape index (κ3) is 4.63. The number of alkyl halides is 6. The molecule has 0 aromatic heterocycles. The molecule has 0 spiro atoms. The molecule has 0 heterocycles. The maximum Gasteiger partial charge on any atom is 0.573 e. The second-order valence-electron chi connectivity index (χ2n) is 2.70. The Hall–Kier alpha value is -1.25. The number of hydrogen-bond acceptors (Lipinski definition) is 3. The summed E-state index contributed by atoms with van der Waals surface area (Å²) in [7, 11) is 0. The van der Waals surface area contributed by atoms with Crippen LogP contribution in [0.2, 0.25) is 0 Å². The van der Waals surface area contributed by atoms with Crippen LogP contribution in [-0.4, -0.2) is 12.7 Å². The molecule has 0 saturated heterocycles. The van der Waals surface area contributed by atoms with Gasteiger partial charge in [-0.2, -0.15) is 0 Å². The molecule has 1 aromatic rings. The smallest absolute Gasteiger partial charge is 0.402 e. The van der Waals surface area contributed by atoms with Gasteiger partial charge in [0.15, 0.2) is 11.5 Å². The van der Waals surface area contributed by atoms with E-state index in [4.69, 9.17) is 0 Å². The van der Waals surface area contributed by atoms with Crippen molar-refractivity contribution in [1.29, 1.82) is 0 Å². The Bertz CT molecular complexity index is 400. The molecule has 0 fully saturated rings. The van der Waals surface area contributed by atoms with Crippen LogP contribution in [0, 0.1) is 0 Å². The van der Waals surface area contributed by atoms with Crippen molar-refractivity contribution >= 4 is 12.6 Å². The first-order valence-electron chi connectivity index (χ1n) is 3.92. The monoisotopic (exact) mass is 278 g/mol. The number of ether oxygens (including phenoxy) is 2. The lowest BCUT2D eigenvalue weighted by Crippen LogP contribution is -2.21. The van der Waals surface area contributed by atoms with Gasteiger partial charge in [0.1, 0.15) is 0 Å². The van der Waals surface area contributed by atoms with E-state index in [9.17, 15) is 26.3 Å². The van der Waals surface area contributed by atoms with Gasteiger partial charge >= 0.3 is 12.7 Å². The Balaban J connectivity index is 3.09. The summed E-state index contributed by atoms with van der Waals surface area (Å²) in [6.07, 6.45) is -10.3. The van der Waals surface area contributed by atoms with E-state index in [2.05, 4.69) is 22.1 Å². The molecule has 0 aliphatic rings. The largest absolute Gasteiger partial charge is 0.573 e. The molecule has 0 radical (unpaired) electrons. The summed E-state index contributed by atoms with van der Waals surface area (Å²) in [5.74, 6) is -2.25. The zero-order valence-corrected chi connectivity index (χ0v) is 8.66. The highest BCUT2D eigenvalue weighted by Gasteiger charge is 2.37. The van der Waals surface area contributed by atoms with Gasteiger partial charge in [-0.1, -0.05) is 6.07 Å². The quantitative estimate of drug-likeness (QED) is 0.655. The molecule has 0 aliphatic carbocycles. The van der Waals surface area contributed by atoms with Crippen LogP contribution in [-0.2, 0) is 0 Å². The Labute approximate surface area is 96.5 Å². The first-order chi connectivity index (χ1) is 7.58. The minimum Gasteiger partial charge on any atom is -0.402 e. The molecule has 0 amide bonds. The Morgan fingerprint density at radius 3 is 1.88 bits per heavy atom. The maximum atomic E-state index is 11.9. The number of thiol groups is 1. The van der Waals surface area contributed by atoms with E-state index in [-0.39, 0.29) is 0 Å². The molecule has 0 aliphatic heterocycles. The SMILES string of the molecule is FC(F)(F)Oc1cccc(S)c1OC(F)(F)F. The molecule has 1 aromatic carbocycles. The highest BCUT2D eigenvalue weighted by atomic mass is 32.1. The van der Waals surface area contributed by atoms with Crippen LogP contribution >= 0.6 is 12.6 Å². The second-order valence-corrected chi connectivity index (χ2v) is 3.18. The number of rotatable bonds is 2. The van der Waals surface area contributed by atoms with Crippen molar-refractivity contribution in [2.24, 2.45) is 0 Å². The summed E-state index contributed by atoms with van der Waals surface area (Å²) in [6, 6.07) is 2.77. The van der Waals surface area contributed by atoms with Crippen molar-refractivity contribution in [2.75, 3.05) is 0 Å². The predicted octanol–water partition coefficient (Wildman–Crippen LogP) is 3.77. The van der Waals surface area contributed by atoms with Crippen molar-refractivity contribution in [3.8, 4) is 11.5 Å². The molecule has 0 atom stereocenters. The zero-order chi connectivity index (χ0) is 13.3. The average Bonchev–Trinajstić information content (AvgIpc) is 2.07. The van der Waals surface area contributed by atoms with Gasteiger partial charge in [0.05, 0.1) is 4.90 Å². The van der Waals surface area contributed by atoms with Gasteiger partial charge in [0.2, 0.25) is 0 Å². The highest BCUT2D eigenvalue weighted by Crippen LogP contribution is 2.39. The Morgan fingerprint density at radius 2 is 1.41 bits per heavy atom. The molecule has 17 heavy (non-hydrogen) atoms. The van der Waals surface area contributed by atoms with Gasteiger partial charge < -0.3 is 9.47 Å².